The molecule has 4 heteroatoms. The Balaban J connectivity index is 2.51. The van der Waals surface area contributed by atoms with Gasteiger partial charge < -0.3 is 0 Å². The van der Waals surface area contributed by atoms with Crippen LogP contribution in [0.2, 0.25) is 5.02 Å². The summed E-state index contributed by atoms with van der Waals surface area (Å²) in [5.41, 5.74) is 0. The Bertz CT molecular complexity index is 312. The van der Waals surface area contributed by atoms with Gasteiger partial charge >= 0.3 is 0 Å². The van der Waals surface area contributed by atoms with Gasteiger partial charge in [-0.1, -0.05) is 18.5 Å². The third-order valence-corrected chi connectivity index (χ3v) is 2.87. The molecule has 0 aliphatic heterocycles. The quantitative estimate of drug-likeness (QED) is 0.743. The molecule has 1 aromatic rings. The van der Waals surface area contributed by atoms with Gasteiger partial charge in [0.25, 0.3) is 0 Å². The summed E-state index contributed by atoms with van der Waals surface area (Å²) in [6, 6.07) is 3.67. The van der Waals surface area contributed by atoms with Gasteiger partial charge in [-0.15, -0.1) is 11.8 Å². The van der Waals surface area contributed by atoms with Crippen molar-refractivity contribution in [3.8, 4) is 0 Å². The highest BCUT2D eigenvalue weighted by Gasteiger charge is 2.07. The topological polar surface area (TPSA) is 30.0 Å². The first kappa shape index (κ1) is 11.5. The maximum absolute atomic E-state index is 10.8. The number of hydrogen-bond acceptors (Lipinski definition) is 3. The van der Waals surface area contributed by atoms with Crippen molar-refractivity contribution in [2.75, 3.05) is 0 Å². The first-order chi connectivity index (χ1) is 6.58. The van der Waals surface area contributed by atoms with E-state index < -0.39 is 0 Å². The van der Waals surface area contributed by atoms with E-state index in [1.54, 1.807) is 30.9 Å². The van der Waals surface area contributed by atoms with E-state index in [2.05, 4.69) is 4.98 Å². The van der Waals surface area contributed by atoms with E-state index in [-0.39, 0.29) is 11.0 Å². The van der Waals surface area contributed by atoms with Crippen LogP contribution in [0.15, 0.2) is 23.4 Å². The van der Waals surface area contributed by atoms with E-state index in [9.17, 15) is 4.79 Å². The highest BCUT2D eigenvalue weighted by atomic mass is 35.5. The van der Waals surface area contributed by atoms with Crippen LogP contribution in [0.3, 0.4) is 0 Å². The molecule has 14 heavy (non-hydrogen) atoms. The van der Waals surface area contributed by atoms with E-state index >= 15 is 0 Å². The fourth-order valence-electron chi connectivity index (χ4n) is 1.08. The van der Waals surface area contributed by atoms with Gasteiger partial charge in [0.2, 0.25) is 0 Å². The molecule has 0 aromatic carbocycles. The molecule has 0 amide bonds. The molecular formula is C10H12ClNOS. The summed E-state index contributed by atoms with van der Waals surface area (Å²) in [5, 5.41) is 1.80. The molecule has 0 fully saturated rings. The van der Waals surface area contributed by atoms with Crippen molar-refractivity contribution >= 4 is 29.1 Å². The molecule has 76 valence electrons. The predicted octanol–water partition coefficient (Wildman–Crippen LogP) is 3.19. The second kappa shape index (κ2) is 5.37. The van der Waals surface area contributed by atoms with Crippen molar-refractivity contribution in [3.05, 3.63) is 23.4 Å². The molecule has 1 heterocycles. The first-order valence-corrected chi connectivity index (χ1v) is 5.61. The van der Waals surface area contributed by atoms with Gasteiger partial charge in [0.1, 0.15) is 5.78 Å². The Morgan fingerprint density at radius 1 is 1.64 bits per heavy atom. The van der Waals surface area contributed by atoms with E-state index in [1.807, 2.05) is 13.0 Å². The zero-order valence-corrected chi connectivity index (χ0v) is 9.73. The number of nitrogens with zero attached hydrogens (tertiary/aromatic N) is 1. The Labute approximate surface area is 93.1 Å². The van der Waals surface area contributed by atoms with Crippen molar-refractivity contribution < 1.29 is 4.79 Å². The Morgan fingerprint density at radius 3 is 2.86 bits per heavy atom. The molecule has 0 saturated carbocycles. The second-order valence-electron chi connectivity index (χ2n) is 3.15. The number of Topliss-reactive ketones (excluding diaryl/α,β-unsaturated/α-hetero) is 1. The van der Waals surface area contributed by atoms with E-state index in [4.69, 9.17) is 11.6 Å². The number of hydrogen-bond donors (Lipinski definition) is 0. The van der Waals surface area contributed by atoms with Gasteiger partial charge in [-0.05, 0) is 19.1 Å². The third kappa shape index (κ3) is 4.11. The van der Waals surface area contributed by atoms with Crippen LogP contribution < -0.4 is 0 Å². The Morgan fingerprint density at radius 2 is 2.36 bits per heavy atom. The van der Waals surface area contributed by atoms with Crippen LogP contribution in [-0.2, 0) is 4.79 Å². The lowest BCUT2D eigenvalue weighted by molar-refractivity contribution is -0.116. The summed E-state index contributed by atoms with van der Waals surface area (Å²) in [4.78, 5) is 15.0. The molecule has 0 N–H and O–H groups in total. The minimum Gasteiger partial charge on any atom is -0.300 e. The van der Waals surface area contributed by atoms with E-state index in [0.717, 1.165) is 5.03 Å². The number of pyridine rings is 1. The SMILES string of the molecule is CC(=O)CC(C)Sc1ccc(Cl)cn1. The molecule has 0 radical (unpaired) electrons. The molecule has 1 aromatic heterocycles. The maximum atomic E-state index is 10.8. The minimum absolute atomic E-state index is 0.207. The second-order valence-corrected chi connectivity index (χ2v) is 5.04. The van der Waals surface area contributed by atoms with Crippen LogP contribution in [-0.4, -0.2) is 16.0 Å². The summed E-state index contributed by atoms with van der Waals surface area (Å²) >= 11 is 7.30. The monoisotopic (exact) mass is 229 g/mol. The maximum Gasteiger partial charge on any atom is 0.130 e. The number of carbonyl (C=O) groups is 1. The lowest BCUT2D eigenvalue weighted by Gasteiger charge is -2.07. The van der Waals surface area contributed by atoms with Crippen molar-refractivity contribution in [2.24, 2.45) is 0 Å². The summed E-state index contributed by atoms with van der Waals surface area (Å²) < 4.78 is 0. The fraction of sp³-hybridized carbons (Fsp3) is 0.400. The molecule has 0 bridgehead atoms. The van der Waals surface area contributed by atoms with Crippen LogP contribution in [0, 0.1) is 0 Å². The van der Waals surface area contributed by atoms with Gasteiger partial charge in [0, 0.05) is 17.9 Å². The normalized spacial score (nSPS) is 12.5. The molecule has 0 aliphatic rings. The molecule has 1 rings (SSSR count). The van der Waals surface area contributed by atoms with Crippen LogP contribution in [0.1, 0.15) is 20.3 Å². The zero-order chi connectivity index (χ0) is 10.6. The number of thioether (sulfide) groups is 1. The summed E-state index contributed by atoms with van der Waals surface area (Å²) in [5.74, 6) is 0.207. The average molecular weight is 230 g/mol. The Hall–Kier alpha value is -0.540. The number of carbonyl (C=O) groups excluding carboxylic acids is 1. The highest BCUT2D eigenvalue weighted by molar-refractivity contribution is 7.99. The van der Waals surface area contributed by atoms with Crippen molar-refractivity contribution in [1.29, 1.82) is 0 Å². The summed E-state index contributed by atoms with van der Waals surface area (Å²) in [6.07, 6.45) is 2.19. The van der Waals surface area contributed by atoms with Gasteiger partial charge in [-0.25, -0.2) is 4.98 Å². The lowest BCUT2D eigenvalue weighted by Crippen LogP contribution is -2.03. The summed E-state index contributed by atoms with van der Waals surface area (Å²) in [6.45, 7) is 3.62. The van der Waals surface area contributed by atoms with Gasteiger partial charge in [-0.2, -0.15) is 0 Å². The van der Waals surface area contributed by atoms with Crippen molar-refractivity contribution in [1.82, 2.24) is 4.98 Å². The van der Waals surface area contributed by atoms with E-state index in [0.29, 0.717) is 11.4 Å². The molecule has 0 aliphatic carbocycles. The molecule has 2 nitrogen and oxygen atoms in total. The molecule has 0 saturated heterocycles. The molecule has 1 atom stereocenters. The lowest BCUT2D eigenvalue weighted by atomic mass is 10.2. The van der Waals surface area contributed by atoms with Crippen molar-refractivity contribution in [3.63, 3.8) is 0 Å². The molecular weight excluding hydrogens is 218 g/mol. The summed E-state index contributed by atoms with van der Waals surface area (Å²) in [7, 11) is 0. The first-order valence-electron chi connectivity index (χ1n) is 4.35. The van der Waals surface area contributed by atoms with Crippen LogP contribution in [0.25, 0.3) is 0 Å². The average Bonchev–Trinajstić information content (AvgIpc) is 2.07. The third-order valence-electron chi connectivity index (χ3n) is 1.60. The fourth-order valence-corrected chi connectivity index (χ4v) is 2.19. The highest BCUT2D eigenvalue weighted by Crippen LogP contribution is 2.23. The minimum atomic E-state index is 0.207. The van der Waals surface area contributed by atoms with Gasteiger partial charge in [0.15, 0.2) is 0 Å². The van der Waals surface area contributed by atoms with Crippen LogP contribution in [0.4, 0.5) is 0 Å². The number of halogens is 1. The molecule has 1 unspecified atom stereocenters. The number of aromatic nitrogens is 1. The predicted molar refractivity (Wildman–Crippen MR) is 59.9 cm³/mol. The molecule has 0 spiro atoms. The van der Waals surface area contributed by atoms with Gasteiger partial charge in [-0.3, -0.25) is 4.79 Å². The van der Waals surface area contributed by atoms with Crippen LogP contribution >= 0.6 is 23.4 Å². The number of rotatable bonds is 4. The largest absolute Gasteiger partial charge is 0.300 e. The standard InChI is InChI=1S/C10H12ClNOS/c1-7(13)5-8(2)14-10-4-3-9(11)6-12-10/h3-4,6,8H,5H2,1-2H3. The Kier molecular flexibility index (Phi) is 4.42. The van der Waals surface area contributed by atoms with E-state index in [1.165, 1.54) is 0 Å². The van der Waals surface area contributed by atoms with Gasteiger partial charge in [0.05, 0.1) is 10.0 Å². The van der Waals surface area contributed by atoms with Crippen molar-refractivity contribution in [2.45, 2.75) is 30.5 Å². The number of ketones is 1. The smallest absolute Gasteiger partial charge is 0.130 e. The zero-order valence-electron chi connectivity index (χ0n) is 8.16. The van der Waals surface area contributed by atoms with Crippen LogP contribution in [0.5, 0.6) is 0 Å².